The maximum atomic E-state index is 5.73. The first-order valence-electron chi connectivity index (χ1n) is 10.2. The van der Waals surface area contributed by atoms with E-state index in [9.17, 15) is 0 Å². The minimum atomic E-state index is 0.756. The maximum absolute atomic E-state index is 5.73. The highest BCUT2D eigenvalue weighted by Gasteiger charge is 2.21. The number of furan rings is 1. The van der Waals surface area contributed by atoms with E-state index in [0.29, 0.717) is 0 Å². The summed E-state index contributed by atoms with van der Waals surface area (Å²) in [5, 5.41) is 7.45. The summed E-state index contributed by atoms with van der Waals surface area (Å²) < 4.78 is 5.73. The van der Waals surface area contributed by atoms with Gasteiger partial charge in [0, 0.05) is 18.7 Å². The van der Waals surface area contributed by atoms with Gasteiger partial charge >= 0.3 is 0 Å². The van der Waals surface area contributed by atoms with Crippen LogP contribution in [-0.2, 0) is 13.1 Å². The number of nitrogens with zero attached hydrogens (tertiary/aromatic N) is 3. The number of aromatic nitrogens is 2. The summed E-state index contributed by atoms with van der Waals surface area (Å²) in [5.41, 5.74) is 3.60. The van der Waals surface area contributed by atoms with E-state index >= 15 is 0 Å². The highest BCUT2D eigenvalue weighted by molar-refractivity contribution is 5.62. The lowest BCUT2D eigenvalue weighted by atomic mass is 9.96. The van der Waals surface area contributed by atoms with Gasteiger partial charge in [-0.2, -0.15) is 5.10 Å². The van der Waals surface area contributed by atoms with Crippen molar-refractivity contribution in [3.63, 3.8) is 0 Å². The van der Waals surface area contributed by atoms with Gasteiger partial charge in [-0.15, -0.1) is 0 Å². The topological polar surface area (TPSA) is 48.3 Å². The minimum Gasteiger partial charge on any atom is -0.465 e. The molecular formula is C23H30N4O. The fourth-order valence-corrected chi connectivity index (χ4v) is 4.20. The maximum Gasteiger partial charge on any atom is 0.118 e. The summed E-state index contributed by atoms with van der Waals surface area (Å²) in [6.07, 6.45) is 4.47. The zero-order valence-corrected chi connectivity index (χ0v) is 16.9. The molecule has 0 bridgehead atoms. The normalized spacial score (nSPS) is 16.1. The lowest BCUT2D eigenvalue weighted by Gasteiger charge is -2.33. The first-order chi connectivity index (χ1) is 13.7. The summed E-state index contributed by atoms with van der Waals surface area (Å²) >= 11 is 0. The van der Waals surface area contributed by atoms with Crippen LogP contribution in [0, 0.1) is 12.8 Å². The van der Waals surface area contributed by atoms with Gasteiger partial charge in [0.1, 0.15) is 11.5 Å². The third kappa shape index (κ3) is 4.72. The Balaban J connectivity index is 1.26. The highest BCUT2D eigenvalue weighted by atomic mass is 16.3. The molecule has 0 atom stereocenters. The van der Waals surface area contributed by atoms with Crippen LogP contribution in [0.15, 0.2) is 53.1 Å². The van der Waals surface area contributed by atoms with Crippen LogP contribution in [0.2, 0.25) is 0 Å². The molecule has 1 aliphatic heterocycles. The van der Waals surface area contributed by atoms with Crippen LogP contribution in [0.4, 0.5) is 0 Å². The molecular weight excluding hydrogens is 348 g/mol. The second kappa shape index (κ2) is 8.76. The zero-order valence-electron chi connectivity index (χ0n) is 16.9. The van der Waals surface area contributed by atoms with Crippen molar-refractivity contribution in [1.82, 2.24) is 20.0 Å². The fourth-order valence-electron chi connectivity index (χ4n) is 4.20. The molecule has 0 unspecified atom stereocenters. The monoisotopic (exact) mass is 378 g/mol. The third-order valence-corrected chi connectivity index (χ3v) is 5.67. The molecule has 3 aromatic rings. The predicted octanol–water partition coefficient (Wildman–Crippen LogP) is 4.32. The SMILES string of the molecule is Cc1ccc(CN2CCC(CN(C)Cc3cn[nH]c3-c3ccccc3)CC2)o1. The molecule has 1 N–H and O–H groups in total. The predicted molar refractivity (Wildman–Crippen MR) is 112 cm³/mol. The van der Waals surface area contributed by atoms with Crippen LogP contribution in [-0.4, -0.2) is 46.7 Å². The number of hydrogen-bond acceptors (Lipinski definition) is 4. The molecule has 1 aromatic carbocycles. The van der Waals surface area contributed by atoms with E-state index in [1.54, 1.807) is 0 Å². The van der Waals surface area contributed by atoms with E-state index in [-0.39, 0.29) is 0 Å². The number of aromatic amines is 1. The van der Waals surface area contributed by atoms with Gasteiger partial charge in [0.2, 0.25) is 0 Å². The summed E-state index contributed by atoms with van der Waals surface area (Å²) in [5.74, 6) is 2.84. The first-order valence-corrected chi connectivity index (χ1v) is 10.2. The van der Waals surface area contributed by atoms with Crippen LogP contribution in [0.5, 0.6) is 0 Å². The number of piperidine rings is 1. The van der Waals surface area contributed by atoms with Crippen molar-refractivity contribution in [2.45, 2.75) is 32.9 Å². The molecule has 148 valence electrons. The van der Waals surface area contributed by atoms with E-state index in [1.807, 2.05) is 19.2 Å². The first kappa shape index (κ1) is 19.0. The molecule has 0 radical (unpaired) electrons. The smallest absolute Gasteiger partial charge is 0.118 e. The van der Waals surface area contributed by atoms with Crippen LogP contribution >= 0.6 is 0 Å². The summed E-state index contributed by atoms with van der Waals surface area (Å²) in [4.78, 5) is 4.95. The molecule has 28 heavy (non-hydrogen) atoms. The van der Waals surface area contributed by atoms with Crippen molar-refractivity contribution >= 4 is 0 Å². The lowest BCUT2D eigenvalue weighted by Crippen LogP contribution is -2.37. The molecule has 0 spiro atoms. The second-order valence-electron chi connectivity index (χ2n) is 8.06. The van der Waals surface area contributed by atoms with Crippen molar-refractivity contribution < 1.29 is 4.42 Å². The Hall–Kier alpha value is -2.37. The van der Waals surface area contributed by atoms with E-state index in [2.05, 4.69) is 63.4 Å². The average molecular weight is 379 g/mol. The average Bonchev–Trinajstić information content (AvgIpc) is 3.33. The standard InChI is InChI=1S/C23H30N4O/c1-18-8-9-22(28-18)17-27-12-10-19(11-13-27)15-26(2)16-21-14-24-25-23(21)20-6-4-3-5-7-20/h3-9,14,19H,10-13,15-17H2,1-2H3,(H,24,25). The van der Waals surface area contributed by atoms with Crippen LogP contribution in [0.3, 0.4) is 0 Å². The number of benzene rings is 1. The Morgan fingerprint density at radius 1 is 1.14 bits per heavy atom. The number of likely N-dealkylation sites (tertiary alicyclic amines) is 1. The molecule has 5 nitrogen and oxygen atoms in total. The Morgan fingerprint density at radius 2 is 1.93 bits per heavy atom. The third-order valence-electron chi connectivity index (χ3n) is 5.67. The van der Waals surface area contributed by atoms with Crippen LogP contribution in [0.1, 0.15) is 29.9 Å². The number of rotatable bonds is 7. The van der Waals surface area contributed by atoms with Crippen LogP contribution < -0.4 is 0 Å². The van der Waals surface area contributed by atoms with E-state index < -0.39 is 0 Å². The quantitative estimate of drug-likeness (QED) is 0.665. The molecule has 3 heterocycles. The van der Waals surface area contributed by atoms with E-state index in [0.717, 1.165) is 55.9 Å². The molecule has 0 amide bonds. The molecule has 5 heteroatoms. The zero-order chi connectivity index (χ0) is 19.3. The van der Waals surface area contributed by atoms with Gasteiger partial charge in [-0.05, 0) is 63.5 Å². The Kier molecular flexibility index (Phi) is 5.93. The highest BCUT2D eigenvalue weighted by Crippen LogP contribution is 2.24. The van der Waals surface area contributed by atoms with Gasteiger partial charge < -0.3 is 9.32 Å². The van der Waals surface area contributed by atoms with Crippen molar-refractivity contribution in [3.8, 4) is 11.3 Å². The number of nitrogens with one attached hydrogen (secondary N) is 1. The number of aryl methyl sites for hydroxylation is 1. The van der Waals surface area contributed by atoms with Crippen molar-refractivity contribution in [1.29, 1.82) is 0 Å². The molecule has 1 fully saturated rings. The largest absolute Gasteiger partial charge is 0.465 e. The molecule has 0 saturated carbocycles. The number of H-pyrrole nitrogens is 1. The van der Waals surface area contributed by atoms with Gasteiger partial charge in [0.05, 0.1) is 18.4 Å². The van der Waals surface area contributed by atoms with Gasteiger partial charge in [0.25, 0.3) is 0 Å². The molecule has 1 saturated heterocycles. The van der Waals surface area contributed by atoms with E-state index in [4.69, 9.17) is 4.42 Å². The van der Waals surface area contributed by atoms with Gasteiger partial charge in [-0.25, -0.2) is 0 Å². The Bertz CT molecular complexity index is 862. The lowest BCUT2D eigenvalue weighted by molar-refractivity contribution is 0.140. The Labute approximate surface area is 167 Å². The van der Waals surface area contributed by atoms with Gasteiger partial charge in [-0.3, -0.25) is 10.00 Å². The summed E-state index contributed by atoms with van der Waals surface area (Å²) in [6, 6.07) is 14.6. The summed E-state index contributed by atoms with van der Waals surface area (Å²) in [6.45, 7) is 7.30. The molecule has 4 rings (SSSR count). The molecule has 0 aliphatic carbocycles. The summed E-state index contributed by atoms with van der Waals surface area (Å²) in [7, 11) is 2.22. The fraction of sp³-hybridized carbons (Fsp3) is 0.435. The molecule has 1 aliphatic rings. The van der Waals surface area contributed by atoms with Crippen molar-refractivity contribution in [3.05, 3.63) is 65.7 Å². The van der Waals surface area contributed by atoms with Gasteiger partial charge in [-0.1, -0.05) is 30.3 Å². The van der Waals surface area contributed by atoms with E-state index in [1.165, 1.54) is 24.0 Å². The minimum absolute atomic E-state index is 0.756. The Morgan fingerprint density at radius 3 is 2.64 bits per heavy atom. The second-order valence-corrected chi connectivity index (χ2v) is 8.06. The molecule has 2 aromatic heterocycles. The van der Waals surface area contributed by atoms with Gasteiger partial charge in [0.15, 0.2) is 0 Å². The van der Waals surface area contributed by atoms with Crippen LogP contribution in [0.25, 0.3) is 11.3 Å². The number of hydrogen-bond donors (Lipinski definition) is 1. The van der Waals surface area contributed by atoms with Crippen molar-refractivity contribution in [2.75, 3.05) is 26.7 Å². The van der Waals surface area contributed by atoms with Crippen molar-refractivity contribution in [2.24, 2.45) is 5.92 Å².